The Bertz CT molecular complexity index is 918. The van der Waals surface area contributed by atoms with Crippen LogP contribution in [0.2, 0.25) is 5.02 Å². The van der Waals surface area contributed by atoms with E-state index < -0.39 is 0 Å². The molecule has 0 radical (unpaired) electrons. The van der Waals surface area contributed by atoms with E-state index in [2.05, 4.69) is 23.3 Å². The van der Waals surface area contributed by atoms with E-state index in [1.807, 2.05) is 45.2 Å². The lowest BCUT2D eigenvalue weighted by Gasteiger charge is -2.16. The zero-order chi connectivity index (χ0) is 18.7. The quantitative estimate of drug-likeness (QED) is 0.605. The summed E-state index contributed by atoms with van der Waals surface area (Å²) in [5, 5.41) is 3.93. The van der Waals surface area contributed by atoms with Crippen molar-refractivity contribution in [2.75, 3.05) is 7.05 Å². The zero-order valence-electron chi connectivity index (χ0n) is 15.5. The number of nitrogens with zero attached hydrogens (tertiary/aromatic N) is 1. The molecule has 3 aromatic rings. The number of halogens is 1. The third kappa shape index (κ3) is 3.62. The van der Waals surface area contributed by atoms with Crippen molar-refractivity contribution in [3.8, 4) is 22.8 Å². The molecule has 26 heavy (non-hydrogen) atoms. The maximum atomic E-state index is 6.28. The van der Waals surface area contributed by atoms with Gasteiger partial charge in [0.1, 0.15) is 11.5 Å². The monoisotopic (exact) mass is 370 g/mol. The molecule has 3 rings (SSSR count). The molecule has 0 aliphatic rings. The van der Waals surface area contributed by atoms with Crippen molar-refractivity contribution in [3.05, 3.63) is 64.1 Å². The zero-order valence-corrected chi connectivity index (χ0v) is 16.3. The fraction of sp³-hybridized carbons (Fsp3) is 0.286. The number of oxazole rings is 1. The molecule has 1 N–H and O–H groups in total. The van der Waals surface area contributed by atoms with Crippen molar-refractivity contribution in [2.45, 2.75) is 33.7 Å². The van der Waals surface area contributed by atoms with Crippen molar-refractivity contribution in [2.24, 2.45) is 0 Å². The second-order valence-corrected chi connectivity index (χ2v) is 6.64. The number of hydrogen-bond donors (Lipinski definition) is 1. The summed E-state index contributed by atoms with van der Waals surface area (Å²) in [6, 6.07) is 9.88. The highest BCUT2D eigenvalue weighted by molar-refractivity contribution is 6.31. The highest BCUT2D eigenvalue weighted by atomic mass is 35.5. The topological polar surface area (TPSA) is 47.3 Å². The van der Waals surface area contributed by atoms with Gasteiger partial charge in [-0.15, -0.1) is 0 Å². The molecule has 0 saturated carbocycles. The summed E-state index contributed by atoms with van der Waals surface area (Å²) in [6.07, 6.45) is 2.30. The predicted molar refractivity (Wildman–Crippen MR) is 105 cm³/mol. The molecule has 4 nitrogen and oxygen atoms in total. The van der Waals surface area contributed by atoms with Gasteiger partial charge in [0.25, 0.3) is 0 Å². The van der Waals surface area contributed by atoms with Crippen LogP contribution in [0.4, 0.5) is 0 Å². The van der Waals surface area contributed by atoms with Crippen LogP contribution in [-0.4, -0.2) is 12.0 Å². The highest BCUT2D eigenvalue weighted by Crippen LogP contribution is 2.35. The summed E-state index contributed by atoms with van der Waals surface area (Å²) in [5.41, 5.74) is 5.03. The van der Waals surface area contributed by atoms with Gasteiger partial charge in [-0.1, -0.05) is 30.7 Å². The molecular weight excluding hydrogens is 348 g/mol. The molecule has 0 spiro atoms. The maximum Gasteiger partial charge on any atom is 0.181 e. The van der Waals surface area contributed by atoms with Crippen molar-refractivity contribution in [3.63, 3.8) is 0 Å². The summed E-state index contributed by atoms with van der Waals surface area (Å²) < 4.78 is 11.9. The summed E-state index contributed by atoms with van der Waals surface area (Å²) in [5.74, 6) is 2.38. The van der Waals surface area contributed by atoms with E-state index in [1.54, 1.807) is 0 Å². The van der Waals surface area contributed by atoms with Crippen molar-refractivity contribution in [1.82, 2.24) is 10.3 Å². The second kappa shape index (κ2) is 7.94. The maximum absolute atomic E-state index is 6.28. The Morgan fingerprint density at radius 2 is 1.92 bits per heavy atom. The molecule has 0 amide bonds. The molecule has 0 bridgehead atoms. The molecule has 0 aliphatic heterocycles. The summed E-state index contributed by atoms with van der Waals surface area (Å²) in [4.78, 5) is 4.28. The lowest BCUT2D eigenvalue weighted by atomic mass is 10.1. The first-order valence-corrected chi connectivity index (χ1v) is 9.06. The van der Waals surface area contributed by atoms with Crippen LogP contribution < -0.4 is 10.1 Å². The Kier molecular flexibility index (Phi) is 5.64. The highest BCUT2D eigenvalue weighted by Gasteiger charge is 2.14. The van der Waals surface area contributed by atoms with Gasteiger partial charge >= 0.3 is 0 Å². The van der Waals surface area contributed by atoms with E-state index in [9.17, 15) is 0 Å². The number of aryl methyl sites for hydroxylation is 1. The van der Waals surface area contributed by atoms with E-state index in [0.29, 0.717) is 6.54 Å². The van der Waals surface area contributed by atoms with Gasteiger partial charge in [0.15, 0.2) is 12.2 Å². The van der Waals surface area contributed by atoms with E-state index in [1.165, 1.54) is 6.39 Å². The molecule has 0 fully saturated rings. The fourth-order valence-electron chi connectivity index (χ4n) is 2.87. The minimum absolute atomic E-state index is 0.707. The Balaban J connectivity index is 2.04. The Hall–Kier alpha value is -2.30. The normalized spacial score (nSPS) is 11.0. The van der Waals surface area contributed by atoms with Gasteiger partial charge in [0.05, 0.1) is 5.69 Å². The van der Waals surface area contributed by atoms with Gasteiger partial charge in [-0.25, -0.2) is 4.98 Å². The van der Waals surface area contributed by atoms with Gasteiger partial charge in [-0.2, -0.15) is 0 Å². The molecule has 0 saturated heterocycles. The number of hydrogen-bond acceptors (Lipinski definition) is 4. The molecule has 0 atom stereocenters. The minimum atomic E-state index is 0.707. The lowest BCUT2D eigenvalue weighted by Crippen LogP contribution is -2.06. The Morgan fingerprint density at radius 1 is 1.12 bits per heavy atom. The average molecular weight is 371 g/mol. The molecule has 0 unspecified atom stereocenters. The standard InChI is InChI=1S/C21H23ClN2O2/c1-5-18-21(25-12-24-18)15-6-7-16(11-23-4)20(10-15)26-19-9-8-17(22)13(2)14(19)3/h6-10,12,23H,5,11H2,1-4H3. The van der Waals surface area contributed by atoms with Crippen LogP contribution in [0.25, 0.3) is 11.3 Å². The first-order valence-electron chi connectivity index (χ1n) is 8.69. The van der Waals surface area contributed by atoms with Crippen LogP contribution in [0.3, 0.4) is 0 Å². The van der Waals surface area contributed by atoms with Crippen LogP contribution in [0.15, 0.2) is 41.1 Å². The smallest absolute Gasteiger partial charge is 0.181 e. The van der Waals surface area contributed by atoms with E-state index in [4.69, 9.17) is 20.8 Å². The van der Waals surface area contributed by atoms with Crippen molar-refractivity contribution < 1.29 is 9.15 Å². The number of aromatic nitrogens is 1. The fourth-order valence-corrected chi connectivity index (χ4v) is 3.08. The largest absolute Gasteiger partial charge is 0.457 e. The number of nitrogens with one attached hydrogen (secondary N) is 1. The summed E-state index contributed by atoms with van der Waals surface area (Å²) >= 11 is 6.21. The second-order valence-electron chi connectivity index (χ2n) is 6.23. The first-order chi connectivity index (χ1) is 12.5. The minimum Gasteiger partial charge on any atom is -0.457 e. The van der Waals surface area contributed by atoms with Gasteiger partial charge in [-0.3, -0.25) is 0 Å². The van der Waals surface area contributed by atoms with Gasteiger partial charge < -0.3 is 14.5 Å². The van der Waals surface area contributed by atoms with Gasteiger partial charge in [0.2, 0.25) is 0 Å². The van der Waals surface area contributed by atoms with E-state index in [0.717, 1.165) is 56.7 Å². The molecule has 136 valence electrons. The number of benzene rings is 2. The van der Waals surface area contributed by atoms with Crippen LogP contribution >= 0.6 is 11.6 Å². The van der Waals surface area contributed by atoms with Crippen LogP contribution in [-0.2, 0) is 13.0 Å². The molecule has 0 aliphatic carbocycles. The number of ether oxygens (including phenoxy) is 1. The van der Waals surface area contributed by atoms with Crippen LogP contribution in [0.5, 0.6) is 11.5 Å². The Morgan fingerprint density at radius 3 is 2.65 bits per heavy atom. The van der Waals surface area contributed by atoms with Crippen LogP contribution in [0, 0.1) is 13.8 Å². The molecule has 5 heteroatoms. The molecule has 1 heterocycles. The van der Waals surface area contributed by atoms with Crippen molar-refractivity contribution in [1.29, 1.82) is 0 Å². The third-order valence-electron chi connectivity index (χ3n) is 4.56. The van der Waals surface area contributed by atoms with E-state index in [-0.39, 0.29) is 0 Å². The number of rotatable bonds is 6. The van der Waals surface area contributed by atoms with E-state index >= 15 is 0 Å². The van der Waals surface area contributed by atoms with Gasteiger partial charge in [-0.05, 0) is 56.6 Å². The molecule has 1 aromatic heterocycles. The van der Waals surface area contributed by atoms with Crippen molar-refractivity contribution >= 4 is 11.6 Å². The van der Waals surface area contributed by atoms with Gasteiger partial charge in [0, 0.05) is 22.7 Å². The lowest BCUT2D eigenvalue weighted by molar-refractivity contribution is 0.470. The molecule has 2 aromatic carbocycles. The molecular formula is C21H23ClN2O2. The summed E-state index contributed by atoms with van der Waals surface area (Å²) in [7, 11) is 1.92. The first kappa shape index (κ1) is 18.5. The predicted octanol–water partition coefficient (Wildman–Crippen LogP) is 5.69. The Labute approximate surface area is 159 Å². The SMILES string of the molecule is CCc1ncoc1-c1ccc(CNC)c(Oc2ccc(Cl)c(C)c2C)c1. The summed E-state index contributed by atoms with van der Waals surface area (Å²) in [6.45, 7) is 6.79. The third-order valence-corrected chi connectivity index (χ3v) is 4.97. The average Bonchev–Trinajstić information content (AvgIpc) is 3.12. The van der Waals surface area contributed by atoms with Crippen LogP contribution in [0.1, 0.15) is 29.3 Å².